The van der Waals surface area contributed by atoms with E-state index in [0.29, 0.717) is 22.2 Å². The Kier molecular flexibility index (Phi) is 5.78. The highest BCUT2D eigenvalue weighted by molar-refractivity contribution is 8.18. The Hall–Kier alpha value is -3.07. The van der Waals surface area contributed by atoms with Crippen LogP contribution in [0.3, 0.4) is 0 Å². The van der Waals surface area contributed by atoms with Crippen LogP contribution in [-0.2, 0) is 15.8 Å². The number of nitrogens with one attached hydrogen (secondary N) is 1. The summed E-state index contributed by atoms with van der Waals surface area (Å²) in [6, 6.07) is 11.7. The molecule has 1 aliphatic heterocycles. The zero-order valence-electron chi connectivity index (χ0n) is 15.1. The second-order valence-electron chi connectivity index (χ2n) is 6.27. The van der Waals surface area contributed by atoms with Gasteiger partial charge >= 0.3 is 6.18 Å². The van der Waals surface area contributed by atoms with Crippen LogP contribution in [0.5, 0.6) is 0 Å². The minimum absolute atomic E-state index is 0.141. The summed E-state index contributed by atoms with van der Waals surface area (Å²) in [4.78, 5) is 37.6. The van der Waals surface area contributed by atoms with Gasteiger partial charge in [-0.25, -0.2) is 0 Å². The number of thioether (sulfide) groups is 1. The molecule has 3 amide bonds. The Bertz CT molecular complexity index is 1000. The van der Waals surface area contributed by atoms with Crippen LogP contribution in [-0.4, -0.2) is 28.5 Å². The van der Waals surface area contributed by atoms with Crippen molar-refractivity contribution in [2.24, 2.45) is 0 Å². The Balaban J connectivity index is 1.72. The molecular weight excluding hydrogens is 405 g/mol. The molecule has 2 aromatic carbocycles. The van der Waals surface area contributed by atoms with Crippen molar-refractivity contribution in [3.05, 3.63) is 70.1 Å². The van der Waals surface area contributed by atoms with Gasteiger partial charge < -0.3 is 5.32 Å². The normalized spacial score (nSPS) is 15.9. The van der Waals surface area contributed by atoms with Gasteiger partial charge in [0, 0.05) is 0 Å². The molecule has 0 spiro atoms. The third kappa shape index (κ3) is 4.86. The van der Waals surface area contributed by atoms with Gasteiger partial charge in [-0.3, -0.25) is 19.3 Å². The number of hydrogen-bond donors (Lipinski definition) is 1. The molecule has 5 nitrogen and oxygen atoms in total. The van der Waals surface area contributed by atoms with Gasteiger partial charge in [-0.1, -0.05) is 42.0 Å². The SMILES string of the molecule is Cc1ccc(/C=C2\SC(=O)N(CC(=O)Nc3ccccc3C(F)(F)F)C2=O)cc1. The molecule has 1 aliphatic rings. The number of anilines is 1. The van der Waals surface area contributed by atoms with Crippen LogP contribution in [0.4, 0.5) is 23.7 Å². The summed E-state index contributed by atoms with van der Waals surface area (Å²) in [6.45, 7) is 1.23. The number of carbonyl (C=O) groups is 3. The summed E-state index contributed by atoms with van der Waals surface area (Å²) in [6.07, 6.45) is -3.12. The van der Waals surface area contributed by atoms with Crippen molar-refractivity contribution >= 4 is 40.6 Å². The van der Waals surface area contributed by atoms with Crippen LogP contribution in [0.25, 0.3) is 6.08 Å². The predicted molar refractivity (Wildman–Crippen MR) is 104 cm³/mol. The first-order valence-electron chi connectivity index (χ1n) is 8.43. The molecule has 9 heteroatoms. The lowest BCUT2D eigenvalue weighted by Gasteiger charge is -2.15. The van der Waals surface area contributed by atoms with Crippen LogP contribution in [0.15, 0.2) is 53.4 Å². The number of benzene rings is 2. The first-order chi connectivity index (χ1) is 13.6. The molecule has 1 heterocycles. The Labute approximate surface area is 168 Å². The smallest absolute Gasteiger partial charge is 0.324 e. The van der Waals surface area contributed by atoms with E-state index in [-0.39, 0.29) is 4.91 Å². The monoisotopic (exact) mass is 420 g/mol. The molecule has 0 radical (unpaired) electrons. The van der Waals surface area contributed by atoms with E-state index in [1.165, 1.54) is 18.2 Å². The Morgan fingerprint density at radius 2 is 1.76 bits per heavy atom. The minimum atomic E-state index is -4.65. The van der Waals surface area contributed by atoms with Gasteiger partial charge in [0.2, 0.25) is 5.91 Å². The highest BCUT2D eigenvalue weighted by atomic mass is 32.2. The van der Waals surface area contributed by atoms with Gasteiger partial charge in [-0.15, -0.1) is 0 Å². The summed E-state index contributed by atoms with van der Waals surface area (Å²) >= 11 is 0.675. The molecule has 0 bridgehead atoms. The van der Waals surface area contributed by atoms with Gasteiger partial charge in [0.25, 0.3) is 11.1 Å². The quantitative estimate of drug-likeness (QED) is 0.729. The van der Waals surface area contributed by atoms with Gasteiger partial charge in [0.1, 0.15) is 6.54 Å². The second-order valence-corrected chi connectivity index (χ2v) is 7.26. The maximum atomic E-state index is 13.0. The lowest BCUT2D eigenvalue weighted by atomic mass is 10.1. The average molecular weight is 420 g/mol. The van der Waals surface area contributed by atoms with Crippen molar-refractivity contribution in [1.82, 2.24) is 4.90 Å². The Morgan fingerprint density at radius 1 is 1.10 bits per heavy atom. The van der Waals surface area contributed by atoms with Gasteiger partial charge in [-0.2, -0.15) is 13.2 Å². The van der Waals surface area contributed by atoms with E-state index in [1.807, 2.05) is 19.1 Å². The second kappa shape index (κ2) is 8.12. The third-order valence-electron chi connectivity index (χ3n) is 4.06. The van der Waals surface area contributed by atoms with E-state index < -0.39 is 41.0 Å². The maximum absolute atomic E-state index is 13.0. The number of imide groups is 1. The van der Waals surface area contributed by atoms with Crippen LogP contribution in [0, 0.1) is 6.92 Å². The van der Waals surface area contributed by atoms with Crippen molar-refractivity contribution in [1.29, 1.82) is 0 Å². The van der Waals surface area contributed by atoms with Crippen molar-refractivity contribution < 1.29 is 27.6 Å². The molecule has 1 saturated heterocycles. The zero-order chi connectivity index (χ0) is 21.2. The van der Waals surface area contributed by atoms with Crippen LogP contribution >= 0.6 is 11.8 Å². The molecule has 1 fully saturated rings. The summed E-state index contributed by atoms with van der Waals surface area (Å²) in [5.41, 5.74) is 0.296. The van der Waals surface area contributed by atoms with E-state index in [0.717, 1.165) is 17.7 Å². The lowest BCUT2D eigenvalue weighted by molar-refractivity contribution is -0.137. The molecule has 0 unspecified atom stereocenters. The summed E-state index contributed by atoms with van der Waals surface area (Å²) in [7, 11) is 0. The molecule has 0 saturated carbocycles. The van der Waals surface area contributed by atoms with E-state index >= 15 is 0 Å². The van der Waals surface area contributed by atoms with Gasteiger partial charge in [0.05, 0.1) is 16.2 Å². The highest BCUT2D eigenvalue weighted by Gasteiger charge is 2.37. The number of para-hydroxylation sites is 1. The standard InChI is InChI=1S/C20H15F3N2O3S/c1-12-6-8-13(9-7-12)10-16-18(27)25(19(28)29-16)11-17(26)24-15-5-3-2-4-14(15)20(21,22)23/h2-10H,11H2,1H3,(H,24,26)/b16-10-. The fourth-order valence-corrected chi connectivity index (χ4v) is 3.46. The molecule has 0 aromatic heterocycles. The van der Waals surface area contributed by atoms with Crippen molar-refractivity contribution in [2.75, 3.05) is 11.9 Å². The molecule has 1 N–H and O–H groups in total. The van der Waals surface area contributed by atoms with E-state index in [9.17, 15) is 27.6 Å². The van der Waals surface area contributed by atoms with Crippen molar-refractivity contribution in [3.63, 3.8) is 0 Å². The summed E-state index contributed by atoms with van der Waals surface area (Å²) in [5.74, 6) is -1.57. The fraction of sp³-hybridized carbons (Fsp3) is 0.150. The summed E-state index contributed by atoms with van der Waals surface area (Å²) in [5, 5.41) is 1.46. The lowest BCUT2D eigenvalue weighted by Crippen LogP contribution is -2.36. The molecule has 150 valence electrons. The van der Waals surface area contributed by atoms with Crippen LogP contribution in [0.2, 0.25) is 0 Å². The fourth-order valence-electron chi connectivity index (χ4n) is 2.62. The average Bonchev–Trinajstić information content (AvgIpc) is 2.90. The number of nitrogens with zero attached hydrogens (tertiary/aromatic N) is 1. The molecule has 29 heavy (non-hydrogen) atoms. The summed E-state index contributed by atoms with van der Waals surface area (Å²) < 4.78 is 39.1. The van der Waals surface area contributed by atoms with Gasteiger partial charge in [0.15, 0.2) is 0 Å². The molecular formula is C20H15F3N2O3S. The topological polar surface area (TPSA) is 66.5 Å². The maximum Gasteiger partial charge on any atom is 0.418 e. The predicted octanol–water partition coefficient (Wildman–Crippen LogP) is 4.69. The zero-order valence-corrected chi connectivity index (χ0v) is 15.9. The Morgan fingerprint density at radius 3 is 2.41 bits per heavy atom. The number of halogens is 3. The largest absolute Gasteiger partial charge is 0.418 e. The van der Waals surface area contributed by atoms with Crippen LogP contribution in [0.1, 0.15) is 16.7 Å². The number of rotatable bonds is 4. The molecule has 2 aromatic rings. The van der Waals surface area contributed by atoms with E-state index in [2.05, 4.69) is 5.32 Å². The molecule has 0 aliphatic carbocycles. The first-order valence-corrected chi connectivity index (χ1v) is 9.25. The van der Waals surface area contributed by atoms with E-state index in [1.54, 1.807) is 12.1 Å². The minimum Gasteiger partial charge on any atom is -0.324 e. The van der Waals surface area contributed by atoms with Crippen molar-refractivity contribution in [3.8, 4) is 0 Å². The number of amides is 3. The third-order valence-corrected chi connectivity index (χ3v) is 4.96. The number of hydrogen-bond acceptors (Lipinski definition) is 4. The highest BCUT2D eigenvalue weighted by Crippen LogP contribution is 2.35. The molecule has 0 atom stereocenters. The number of carbonyl (C=O) groups excluding carboxylic acids is 3. The molecule has 3 rings (SSSR count). The van der Waals surface area contributed by atoms with Crippen molar-refractivity contribution in [2.45, 2.75) is 13.1 Å². The van der Waals surface area contributed by atoms with E-state index in [4.69, 9.17) is 0 Å². The first kappa shape index (κ1) is 20.7. The number of alkyl halides is 3. The number of aryl methyl sites for hydroxylation is 1. The van der Waals surface area contributed by atoms with Gasteiger partial charge in [-0.05, 0) is 42.5 Å². The van der Waals surface area contributed by atoms with Crippen LogP contribution < -0.4 is 5.32 Å².